The molecule has 0 spiro atoms. The highest BCUT2D eigenvalue weighted by molar-refractivity contribution is 5.84. The summed E-state index contributed by atoms with van der Waals surface area (Å²) in [6.07, 6.45) is 3.54. The van der Waals surface area contributed by atoms with Crippen LogP contribution in [0.3, 0.4) is 0 Å². The van der Waals surface area contributed by atoms with Gasteiger partial charge < -0.3 is 25.0 Å². The summed E-state index contributed by atoms with van der Waals surface area (Å²) in [5.74, 6) is 0.0241. The molecule has 10 heteroatoms. The highest BCUT2D eigenvalue weighted by Gasteiger charge is 2.41. The Balaban J connectivity index is 1.54. The van der Waals surface area contributed by atoms with E-state index in [-0.39, 0.29) is 18.0 Å². The Kier molecular flexibility index (Phi) is 6.67. The number of pyridine rings is 1. The van der Waals surface area contributed by atoms with Crippen molar-refractivity contribution in [3.05, 3.63) is 24.0 Å². The first-order chi connectivity index (χ1) is 15.1. The first-order valence-electron chi connectivity index (χ1n) is 10.9. The lowest BCUT2D eigenvalue weighted by molar-refractivity contribution is -0.148. The average molecular weight is 431 g/mol. The van der Waals surface area contributed by atoms with Gasteiger partial charge in [-0.2, -0.15) is 5.10 Å². The van der Waals surface area contributed by atoms with Gasteiger partial charge in [0.25, 0.3) is 5.91 Å². The van der Waals surface area contributed by atoms with Crippen LogP contribution in [-0.4, -0.2) is 77.2 Å². The van der Waals surface area contributed by atoms with Crippen LogP contribution in [-0.2, 0) is 20.8 Å². The second kappa shape index (κ2) is 9.61. The van der Waals surface area contributed by atoms with Crippen LogP contribution in [0.15, 0.2) is 18.3 Å². The van der Waals surface area contributed by atoms with E-state index in [0.29, 0.717) is 32.7 Å². The SMILES string of the molecule is COC(=O)NCCCn1nc([C@H](C)N(C(=O)[C@H]2CNCCO2)C2CC2)c2cccnc21. The Morgan fingerprint density at radius 2 is 2.29 bits per heavy atom. The lowest BCUT2D eigenvalue weighted by Crippen LogP contribution is -2.50. The third kappa shape index (κ3) is 4.80. The number of fused-ring (bicyclic) bond motifs is 1. The summed E-state index contributed by atoms with van der Waals surface area (Å²) < 4.78 is 12.2. The first-order valence-corrected chi connectivity index (χ1v) is 10.9. The standard InChI is InChI=1S/C21H30N6O4/c1-14(27(15-6-7-15)20(28)17-13-22-10-12-31-17)18-16-5-3-8-23-19(16)26(25-18)11-4-9-24-21(29)30-2/h3,5,8,14-15,17,22H,4,6-7,9-13H2,1-2H3,(H,24,29)/t14-,17+/m0/s1. The molecule has 0 radical (unpaired) electrons. The van der Waals surface area contributed by atoms with Gasteiger partial charge in [-0.15, -0.1) is 0 Å². The fraction of sp³-hybridized carbons (Fsp3) is 0.619. The second-order valence-electron chi connectivity index (χ2n) is 7.97. The molecule has 0 aromatic carbocycles. The van der Waals surface area contributed by atoms with Crippen LogP contribution in [0.4, 0.5) is 4.79 Å². The number of methoxy groups -OCH3 is 1. The summed E-state index contributed by atoms with van der Waals surface area (Å²) in [4.78, 5) is 31.0. The van der Waals surface area contributed by atoms with E-state index in [4.69, 9.17) is 9.84 Å². The molecule has 2 aliphatic rings. The molecule has 2 N–H and O–H groups in total. The maximum absolute atomic E-state index is 13.3. The number of aromatic nitrogens is 3. The summed E-state index contributed by atoms with van der Waals surface area (Å²) >= 11 is 0. The molecule has 2 amide bonds. The van der Waals surface area contributed by atoms with Crippen LogP contribution in [0, 0.1) is 0 Å². The predicted molar refractivity (Wildman–Crippen MR) is 113 cm³/mol. The van der Waals surface area contributed by atoms with E-state index < -0.39 is 12.2 Å². The summed E-state index contributed by atoms with van der Waals surface area (Å²) in [6.45, 7) is 4.96. The number of nitrogens with one attached hydrogen (secondary N) is 2. The minimum absolute atomic E-state index is 0.0241. The average Bonchev–Trinajstić information content (AvgIpc) is 3.57. The Morgan fingerprint density at radius 3 is 3.00 bits per heavy atom. The maximum Gasteiger partial charge on any atom is 0.406 e. The number of rotatable bonds is 8. The fourth-order valence-electron chi connectivity index (χ4n) is 4.05. The van der Waals surface area contributed by atoms with Crippen molar-refractivity contribution >= 4 is 23.0 Å². The van der Waals surface area contributed by atoms with E-state index in [0.717, 1.165) is 36.1 Å². The van der Waals surface area contributed by atoms with E-state index in [2.05, 4.69) is 20.4 Å². The molecule has 2 aromatic heterocycles. The van der Waals surface area contributed by atoms with Crippen LogP contribution in [0.5, 0.6) is 0 Å². The van der Waals surface area contributed by atoms with Crippen molar-refractivity contribution in [3.8, 4) is 0 Å². The summed E-state index contributed by atoms with van der Waals surface area (Å²) in [5.41, 5.74) is 1.62. The zero-order valence-corrected chi connectivity index (χ0v) is 18.0. The van der Waals surface area contributed by atoms with Gasteiger partial charge in [-0.1, -0.05) is 0 Å². The number of hydrogen-bond acceptors (Lipinski definition) is 7. The molecule has 0 unspecified atom stereocenters. The topological polar surface area (TPSA) is 111 Å². The quantitative estimate of drug-likeness (QED) is 0.606. The molecule has 0 bridgehead atoms. The van der Waals surface area contributed by atoms with Crippen molar-refractivity contribution < 1.29 is 19.1 Å². The molecule has 1 saturated carbocycles. The van der Waals surface area contributed by atoms with Gasteiger partial charge in [0.05, 0.1) is 25.5 Å². The molecular weight excluding hydrogens is 400 g/mol. The number of carbonyl (C=O) groups excluding carboxylic acids is 2. The number of morpholine rings is 1. The second-order valence-corrected chi connectivity index (χ2v) is 7.97. The number of aryl methyl sites for hydroxylation is 1. The van der Waals surface area contributed by atoms with Crippen molar-refractivity contribution in [2.24, 2.45) is 0 Å². The smallest absolute Gasteiger partial charge is 0.406 e. The van der Waals surface area contributed by atoms with Crippen LogP contribution in [0.1, 0.15) is 37.9 Å². The Labute approximate surface area is 181 Å². The maximum atomic E-state index is 13.3. The molecule has 1 saturated heterocycles. The summed E-state index contributed by atoms with van der Waals surface area (Å²) in [5, 5.41) is 11.7. The molecule has 1 aliphatic heterocycles. The molecule has 168 valence electrons. The molecule has 10 nitrogen and oxygen atoms in total. The summed E-state index contributed by atoms with van der Waals surface area (Å²) in [7, 11) is 1.34. The third-order valence-corrected chi connectivity index (χ3v) is 5.75. The van der Waals surface area contributed by atoms with Gasteiger partial charge in [-0.3, -0.25) is 4.79 Å². The van der Waals surface area contributed by atoms with E-state index in [1.807, 2.05) is 28.6 Å². The molecule has 3 heterocycles. The van der Waals surface area contributed by atoms with Crippen LogP contribution in [0.25, 0.3) is 11.0 Å². The lowest BCUT2D eigenvalue weighted by atomic mass is 10.1. The zero-order chi connectivity index (χ0) is 21.8. The van der Waals surface area contributed by atoms with Gasteiger partial charge in [-0.05, 0) is 38.3 Å². The minimum Gasteiger partial charge on any atom is -0.453 e. The molecular formula is C21H30N6O4. The predicted octanol–water partition coefficient (Wildman–Crippen LogP) is 1.22. The monoisotopic (exact) mass is 430 g/mol. The highest BCUT2D eigenvalue weighted by atomic mass is 16.5. The number of carbonyl (C=O) groups is 2. The third-order valence-electron chi connectivity index (χ3n) is 5.75. The van der Waals surface area contributed by atoms with Crippen LogP contribution in [0.2, 0.25) is 0 Å². The van der Waals surface area contributed by atoms with Crippen molar-refractivity contribution in [1.29, 1.82) is 0 Å². The van der Waals surface area contributed by atoms with Gasteiger partial charge in [0.2, 0.25) is 0 Å². The number of alkyl carbamates (subject to hydrolysis) is 1. The highest BCUT2D eigenvalue weighted by Crippen LogP contribution is 2.36. The minimum atomic E-state index is -0.451. The van der Waals surface area contributed by atoms with Crippen molar-refractivity contribution in [3.63, 3.8) is 0 Å². The fourth-order valence-corrected chi connectivity index (χ4v) is 4.05. The molecule has 4 rings (SSSR count). The molecule has 2 aromatic rings. The number of nitrogens with zero attached hydrogens (tertiary/aromatic N) is 4. The van der Waals surface area contributed by atoms with E-state index in [1.165, 1.54) is 7.11 Å². The Morgan fingerprint density at radius 1 is 1.45 bits per heavy atom. The zero-order valence-electron chi connectivity index (χ0n) is 18.0. The largest absolute Gasteiger partial charge is 0.453 e. The van der Waals surface area contributed by atoms with Gasteiger partial charge in [0.15, 0.2) is 5.65 Å². The molecule has 2 fully saturated rings. The van der Waals surface area contributed by atoms with Crippen LogP contribution >= 0.6 is 0 Å². The Bertz CT molecular complexity index is 922. The van der Waals surface area contributed by atoms with Gasteiger partial charge in [0, 0.05) is 43.8 Å². The van der Waals surface area contributed by atoms with Crippen molar-refractivity contribution in [1.82, 2.24) is 30.3 Å². The molecule has 2 atom stereocenters. The number of ether oxygens (including phenoxy) is 2. The van der Waals surface area contributed by atoms with Gasteiger partial charge in [0.1, 0.15) is 6.10 Å². The van der Waals surface area contributed by atoms with Crippen LogP contribution < -0.4 is 10.6 Å². The number of hydrogen-bond donors (Lipinski definition) is 2. The first kappa shape index (κ1) is 21.5. The Hall–Kier alpha value is -2.72. The number of amides is 2. The lowest BCUT2D eigenvalue weighted by Gasteiger charge is -2.33. The van der Waals surface area contributed by atoms with Crippen molar-refractivity contribution in [2.75, 3.05) is 33.4 Å². The van der Waals surface area contributed by atoms with E-state index >= 15 is 0 Å². The molecule has 1 aliphatic carbocycles. The normalized spacial score (nSPS) is 19.7. The molecule has 31 heavy (non-hydrogen) atoms. The van der Waals surface area contributed by atoms with Gasteiger partial charge >= 0.3 is 6.09 Å². The van der Waals surface area contributed by atoms with Crippen molar-refractivity contribution in [2.45, 2.75) is 50.9 Å². The van der Waals surface area contributed by atoms with Gasteiger partial charge in [-0.25, -0.2) is 14.5 Å². The summed E-state index contributed by atoms with van der Waals surface area (Å²) in [6, 6.07) is 3.93. The van der Waals surface area contributed by atoms with E-state index in [9.17, 15) is 9.59 Å². The van der Waals surface area contributed by atoms with E-state index in [1.54, 1.807) is 6.20 Å².